The highest BCUT2D eigenvalue weighted by Gasteiger charge is 2.09. The second kappa shape index (κ2) is 6.85. The van der Waals surface area contributed by atoms with Gasteiger partial charge < -0.3 is 10.6 Å². The van der Waals surface area contributed by atoms with Crippen molar-refractivity contribution in [3.63, 3.8) is 0 Å². The van der Waals surface area contributed by atoms with Gasteiger partial charge in [0.05, 0.1) is 0 Å². The van der Waals surface area contributed by atoms with Crippen molar-refractivity contribution in [3.05, 3.63) is 45.5 Å². The van der Waals surface area contributed by atoms with E-state index < -0.39 is 5.09 Å². The predicted molar refractivity (Wildman–Crippen MR) is 75.9 cm³/mol. The van der Waals surface area contributed by atoms with Crippen LogP contribution in [0.5, 0.6) is 0 Å². The van der Waals surface area contributed by atoms with Crippen molar-refractivity contribution in [1.82, 2.24) is 14.9 Å². The molecule has 1 heterocycles. The first-order chi connectivity index (χ1) is 10.0. The third-order valence-corrected chi connectivity index (χ3v) is 3.77. The Balaban J connectivity index is 1.95. The van der Waals surface area contributed by atoms with Crippen molar-refractivity contribution >= 4 is 34.3 Å². The summed E-state index contributed by atoms with van der Waals surface area (Å²) in [5.74, 6) is -0.364. The Hall–Kier alpha value is -2.40. The molecule has 0 saturated carbocycles. The molecule has 0 saturated heterocycles. The molecular weight excluding hydrogens is 318 g/mol. The number of nitrogens with zero attached hydrogens (tertiary/aromatic N) is 3. The maximum atomic E-state index is 11.9. The molecule has 110 valence electrons. The fourth-order valence-corrected chi connectivity index (χ4v) is 2.61. The average Bonchev–Trinajstić information content (AvgIpc) is 2.88. The van der Waals surface area contributed by atoms with Crippen LogP contribution in [0.4, 0.5) is 5.13 Å². The Kier molecular flexibility index (Phi) is 4.90. The minimum Gasteiger partial charge on any atom is -0.374 e. The number of anilines is 1. The molecule has 0 aliphatic carbocycles. The number of hydrogen-bond donors (Lipinski definition) is 2. The van der Waals surface area contributed by atoms with Crippen molar-refractivity contribution in [2.24, 2.45) is 0 Å². The summed E-state index contributed by atoms with van der Waals surface area (Å²) in [6.45, 7) is -0.214. The molecule has 0 atom stereocenters. The van der Waals surface area contributed by atoms with Crippen molar-refractivity contribution in [1.29, 1.82) is 0 Å². The second-order valence-electron chi connectivity index (χ2n) is 3.64. The van der Waals surface area contributed by atoms with E-state index in [1.807, 2.05) is 0 Å². The summed E-state index contributed by atoms with van der Waals surface area (Å²) < 4.78 is 3.08. The van der Waals surface area contributed by atoms with Gasteiger partial charge in [-0.2, -0.15) is 0 Å². The van der Waals surface area contributed by atoms with E-state index in [1.54, 1.807) is 18.2 Å². The summed E-state index contributed by atoms with van der Waals surface area (Å²) in [5.41, 5.74) is 6.29. The molecule has 2 rings (SSSR count). The van der Waals surface area contributed by atoms with E-state index in [1.165, 1.54) is 6.07 Å². The van der Waals surface area contributed by atoms with Crippen LogP contribution in [-0.2, 0) is 11.4 Å². The molecule has 3 N–H and O–H groups in total. The zero-order valence-electron chi connectivity index (χ0n) is 10.4. The van der Waals surface area contributed by atoms with Crippen LogP contribution in [0.25, 0.3) is 0 Å². The maximum absolute atomic E-state index is 11.9. The van der Waals surface area contributed by atoms with Crippen LogP contribution in [0.1, 0.15) is 15.9 Å². The van der Waals surface area contributed by atoms with Crippen LogP contribution in [0.15, 0.2) is 28.6 Å². The van der Waals surface area contributed by atoms with Gasteiger partial charge in [0, 0.05) is 17.5 Å². The number of hydrogen-bond acceptors (Lipinski definition) is 9. The SMILES string of the molecule is Nc1nnc(SNC(=O)c2cccc(CO[N+](=O)[O-])c2)s1. The van der Waals surface area contributed by atoms with Gasteiger partial charge in [0.25, 0.3) is 11.0 Å². The quantitative estimate of drug-likeness (QED) is 0.460. The lowest BCUT2D eigenvalue weighted by atomic mass is 10.1. The Morgan fingerprint density at radius 3 is 3.00 bits per heavy atom. The van der Waals surface area contributed by atoms with Crippen LogP contribution in [0, 0.1) is 10.1 Å². The first-order valence-corrected chi connectivity index (χ1v) is 7.10. The number of nitrogens with two attached hydrogens (primary N) is 1. The fraction of sp³-hybridized carbons (Fsp3) is 0.100. The van der Waals surface area contributed by atoms with Gasteiger partial charge in [0.15, 0.2) is 4.34 Å². The topological polar surface area (TPSA) is 133 Å². The summed E-state index contributed by atoms with van der Waals surface area (Å²) in [4.78, 5) is 26.3. The zero-order chi connectivity index (χ0) is 15.2. The fourth-order valence-electron chi connectivity index (χ4n) is 1.34. The molecule has 11 heteroatoms. The maximum Gasteiger partial charge on any atom is 0.294 e. The third-order valence-electron chi connectivity index (χ3n) is 2.18. The first kappa shape index (κ1) is 15.0. The molecule has 1 aromatic heterocycles. The van der Waals surface area contributed by atoms with E-state index in [0.29, 0.717) is 20.6 Å². The van der Waals surface area contributed by atoms with Gasteiger partial charge in [-0.15, -0.1) is 20.3 Å². The van der Waals surface area contributed by atoms with Crippen molar-refractivity contribution in [2.45, 2.75) is 10.9 Å². The van der Waals surface area contributed by atoms with E-state index in [2.05, 4.69) is 19.8 Å². The molecule has 21 heavy (non-hydrogen) atoms. The number of amides is 1. The van der Waals surface area contributed by atoms with Gasteiger partial charge >= 0.3 is 0 Å². The number of benzene rings is 1. The first-order valence-electron chi connectivity index (χ1n) is 5.47. The van der Waals surface area contributed by atoms with E-state index in [0.717, 1.165) is 23.3 Å². The molecule has 0 bridgehead atoms. The lowest BCUT2D eigenvalue weighted by Gasteiger charge is -2.04. The van der Waals surface area contributed by atoms with Crippen LogP contribution >= 0.6 is 23.3 Å². The standard InChI is InChI=1S/C10H9N5O4S2/c11-9-12-13-10(20-9)21-14-8(16)7-3-1-2-6(4-7)5-19-15(17)18/h1-4H,5H2,(H2,11,12)(H,14,16). The number of aromatic nitrogens is 2. The molecule has 0 fully saturated rings. The number of carbonyl (C=O) groups excluding carboxylic acids is 1. The van der Waals surface area contributed by atoms with Gasteiger partial charge in [-0.1, -0.05) is 23.5 Å². The van der Waals surface area contributed by atoms with E-state index >= 15 is 0 Å². The van der Waals surface area contributed by atoms with Gasteiger partial charge in [0.1, 0.15) is 6.61 Å². The molecular formula is C10H9N5O4S2. The normalized spacial score (nSPS) is 10.1. The predicted octanol–water partition coefficient (Wildman–Crippen LogP) is 1.27. The molecule has 9 nitrogen and oxygen atoms in total. The molecule has 0 spiro atoms. The molecule has 0 radical (unpaired) electrons. The van der Waals surface area contributed by atoms with Gasteiger partial charge in [-0.25, -0.2) is 0 Å². The Morgan fingerprint density at radius 1 is 1.52 bits per heavy atom. The summed E-state index contributed by atoms with van der Waals surface area (Å²) in [5, 5.41) is 16.9. The van der Waals surface area contributed by atoms with E-state index in [9.17, 15) is 14.9 Å². The Bertz CT molecular complexity index is 662. The highest BCUT2D eigenvalue weighted by molar-refractivity contribution is 7.99. The van der Waals surface area contributed by atoms with E-state index in [-0.39, 0.29) is 12.5 Å². The largest absolute Gasteiger partial charge is 0.374 e. The molecule has 0 aliphatic heterocycles. The lowest BCUT2D eigenvalue weighted by Crippen LogP contribution is -2.16. The van der Waals surface area contributed by atoms with Crippen LogP contribution in [0.3, 0.4) is 0 Å². The summed E-state index contributed by atoms with van der Waals surface area (Å²) in [6.07, 6.45) is 0. The molecule has 1 amide bonds. The van der Waals surface area contributed by atoms with Crippen molar-refractivity contribution in [3.8, 4) is 0 Å². The Morgan fingerprint density at radius 2 is 2.33 bits per heavy atom. The Labute approximate surface area is 126 Å². The minimum absolute atomic E-state index is 0.214. The minimum atomic E-state index is -0.886. The lowest BCUT2D eigenvalue weighted by molar-refractivity contribution is -0.763. The highest BCUT2D eigenvalue weighted by atomic mass is 32.2. The highest BCUT2D eigenvalue weighted by Crippen LogP contribution is 2.21. The second-order valence-corrected chi connectivity index (χ2v) is 5.70. The monoisotopic (exact) mass is 327 g/mol. The van der Waals surface area contributed by atoms with Crippen LogP contribution < -0.4 is 10.5 Å². The van der Waals surface area contributed by atoms with Gasteiger partial charge in [0.2, 0.25) is 5.13 Å². The van der Waals surface area contributed by atoms with Crippen LogP contribution in [0.2, 0.25) is 0 Å². The summed E-state index contributed by atoms with van der Waals surface area (Å²) >= 11 is 2.14. The van der Waals surface area contributed by atoms with Crippen LogP contribution in [-0.4, -0.2) is 21.2 Å². The average molecular weight is 327 g/mol. The van der Waals surface area contributed by atoms with E-state index in [4.69, 9.17) is 5.73 Å². The third kappa shape index (κ3) is 4.57. The number of carbonyl (C=O) groups is 1. The number of nitrogen functional groups attached to an aromatic ring is 1. The summed E-state index contributed by atoms with van der Waals surface area (Å²) in [6, 6.07) is 6.33. The molecule has 0 aliphatic rings. The van der Waals surface area contributed by atoms with Gasteiger partial charge in [-0.05, 0) is 17.7 Å². The molecule has 1 aromatic carbocycles. The zero-order valence-corrected chi connectivity index (χ0v) is 12.0. The van der Waals surface area contributed by atoms with Crippen molar-refractivity contribution < 1.29 is 14.7 Å². The number of rotatable bonds is 6. The van der Waals surface area contributed by atoms with Gasteiger partial charge in [-0.3, -0.25) is 9.52 Å². The summed E-state index contributed by atoms with van der Waals surface area (Å²) in [7, 11) is 0. The molecule has 2 aromatic rings. The van der Waals surface area contributed by atoms with Crippen molar-refractivity contribution in [2.75, 3.05) is 5.73 Å². The smallest absolute Gasteiger partial charge is 0.294 e. The number of nitrogens with one attached hydrogen (secondary N) is 1. The molecule has 0 unspecified atom stereocenters.